The van der Waals surface area contributed by atoms with Crippen molar-refractivity contribution in [3.05, 3.63) is 95.6 Å². The maximum atomic E-state index is 9.96. The zero-order valence-corrected chi connectivity index (χ0v) is 17.9. The zero-order chi connectivity index (χ0) is 20.9. The van der Waals surface area contributed by atoms with Gasteiger partial charge in [0.2, 0.25) is 0 Å². The number of para-hydroxylation sites is 1. The van der Waals surface area contributed by atoms with Gasteiger partial charge in [-0.1, -0.05) is 54.6 Å². The molecule has 4 saturated carbocycles. The molecule has 0 amide bonds. The number of hydrogen-bond acceptors (Lipinski definition) is 2. The summed E-state index contributed by atoms with van der Waals surface area (Å²) in [6, 6.07) is 27.6. The van der Waals surface area contributed by atoms with Crippen LogP contribution in [-0.4, -0.2) is 11.3 Å². The van der Waals surface area contributed by atoms with E-state index in [0.717, 1.165) is 23.1 Å². The Kier molecular flexibility index (Phi) is 4.31. The summed E-state index contributed by atoms with van der Waals surface area (Å²) < 4.78 is 0. The van der Waals surface area contributed by atoms with E-state index in [1.54, 1.807) is 17.8 Å². The summed E-state index contributed by atoms with van der Waals surface area (Å²) >= 11 is 0. The number of rotatable bonds is 4. The minimum atomic E-state index is 0.266. The Balaban J connectivity index is 1.30. The molecule has 2 nitrogen and oxygen atoms in total. The quantitative estimate of drug-likeness (QED) is 0.467. The Morgan fingerprint density at radius 3 is 1.94 bits per heavy atom. The highest BCUT2D eigenvalue weighted by Gasteiger charge is 2.58. The van der Waals surface area contributed by atoms with Gasteiger partial charge in [0.15, 0.2) is 0 Å². The van der Waals surface area contributed by atoms with Gasteiger partial charge in [0.25, 0.3) is 0 Å². The van der Waals surface area contributed by atoms with Crippen molar-refractivity contribution < 1.29 is 5.11 Å². The average Bonchev–Trinajstić information content (AvgIpc) is 2.79. The second-order valence-corrected chi connectivity index (χ2v) is 10.3. The van der Waals surface area contributed by atoms with Gasteiger partial charge in [-0.05, 0) is 96.6 Å². The minimum Gasteiger partial charge on any atom is -0.507 e. The van der Waals surface area contributed by atoms with Crippen molar-refractivity contribution in [1.29, 1.82) is 0 Å². The van der Waals surface area contributed by atoms with Gasteiger partial charge in [-0.25, -0.2) is 0 Å². The van der Waals surface area contributed by atoms with E-state index < -0.39 is 0 Å². The molecule has 4 bridgehead atoms. The third-order valence-corrected chi connectivity index (χ3v) is 8.22. The summed E-state index contributed by atoms with van der Waals surface area (Å²) in [6.07, 6.45) is 9.91. The van der Waals surface area contributed by atoms with E-state index in [-0.39, 0.29) is 5.75 Å². The minimum absolute atomic E-state index is 0.266. The van der Waals surface area contributed by atoms with E-state index in [1.165, 1.54) is 44.1 Å². The Hall–Kier alpha value is -2.87. The van der Waals surface area contributed by atoms with E-state index in [4.69, 9.17) is 0 Å². The molecule has 4 aliphatic rings. The molecule has 3 aromatic carbocycles. The van der Waals surface area contributed by atoms with Gasteiger partial charge < -0.3 is 5.11 Å². The van der Waals surface area contributed by atoms with E-state index in [1.807, 2.05) is 18.2 Å². The van der Waals surface area contributed by atoms with Crippen molar-refractivity contribution in [3.8, 4) is 5.75 Å². The standard InChI is InChI=1S/C29H29NO/c31-27-9-5-4-6-23(27)19-30-26-12-10-25(11-13-26)29-17-21-14-22(18-29)16-28(15-21,20-29)24-7-2-1-3-8-24/h1-13,19,21-22,31H,14-18,20H2/t21-,22+,28?,29?. The van der Waals surface area contributed by atoms with Crippen LogP contribution in [0, 0.1) is 11.8 Å². The highest BCUT2D eigenvalue weighted by molar-refractivity contribution is 5.85. The Morgan fingerprint density at radius 2 is 1.29 bits per heavy atom. The van der Waals surface area contributed by atoms with Crippen LogP contribution in [0.2, 0.25) is 0 Å². The fraction of sp³-hybridized carbons (Fsp3) is 0.345. The molecule has 0 radical (unpaired) electrons. The summed E-state index contributed by atoms with van der Waals surface area (Å²) in [5, 5.41) is 9.96. The number of aliphatic imine (C=N–C) groups is 1. The molecule has 0 spiro atoms. The zero-order valence-electron chi connectivity index (χ0n) is 17.9. The molecule has 7 rings (SSSR count). The molecule has 31 heavy (non-hydrogen) atoms. The number of phenolic OH excluding ortho intramolecular Hbond substituents is 1. The second-order valence-electron chi connectivity index (χ2n) is 10.3. The molecule has 1 N–H and O–H groups in total. The lowest BCUT2D eigenvalue weighted by Gasteiger charge is -2.62. The number of aromatic hydroxyl groups is 1. The normalized spacial score (nSPS) is 31.4. The number of phenols is 1. The van der Waals surface area contributed by atoms with Crippen LogP contribution in [0.15, 0.2) is 83.9 Å². The summed E-state index contributed by atoms with van der Waals surface area (Å²) in [7, 11) is 0. The van der Waals surface area contributed by atoms with Gasteiger partial charge >= 0.3 is 0 Å². The van der Waals surface area contributed by atoms with Crippen molar-refractivity contribution >= 4 is 11.9 Å². The van der Waals surface area contributed by atoms with E-state index in [9.17, 15) is 5.11 Å². The molecule has 0 heterocycles. The SMILES string of the molecule is Oc1ccccc1C=Nc1ccc(C23C[C@@H]4C[C@@H](CC(c5ccccc5)(C4)C2)C3)cc1. The summed E-state index contributed by atoms with van der Waals surface area (Å²) in [5.41, 5.74) is 5.44. The van der Waals surface area contributed by atoms with Crippen LogP contribution in [0.5, 0.6) is 5.75 Å². The molecule has 4 fully saturated rings. The number of benzene rings is 3. The Labute approximate surface area is 184 Å². The third kappa shape index (κ3) is 3.20. The highest BCUT2D eigenvalue weighted by atomic mass is 16.3. The summed E-state index contributed by atoms with van der Waals surface area (Å²) in [4.78, 5) is 4.60. The van der Waals surface area contributed by atoms with Gasteiger partial charge in [-0.15, -0.1) is 0 Å². The predicted molar refractivity (Wildman–Crippen MR) is 126 cm³/mol. The van der Waals surface area contributed by atoms with Crippen molar-refractivity contribution in [1.82, 2.24) is 0 Å². The molecule has 4 aliphatic carbocycles. The Morgan fingerprint density at radius 1 is 0.710 bits per heavy atom. The van der Waals surface area contributed by atoms with Crippen LogP contribution in [-0.2, 0) is 10.8 Å². The van der Waals surface area contributed by atoms with Crippen LogP contribution in [0.25, 0.3) is 0 Å². The molecule has 0 saturated heterocycles. The number of hydrogen-bond donors (Lipinski definition) is 1. The molecule has 2 heteroatoms. The van der Waals surface area contributed by atoms with Crippen molar-refractivity contribution in [3.63, 3.8) is 0 Å². The van der Waals surface area contributed by atoms with E-state index in [0.29, 0.717) is 10.8 Å². The van der Waals surface area contributed by atoms with Crippen LogP contribution in [0.1, 0.15) is 55.2 Å². The first kappa shape index (κ1) is 18.9. The molecular formula is C29H29NO. The predicted octanol–water partition coefficient (Wildman–Crippen LogP) is 6.93. The van der Waals surface area contributed by atoms with Gasteiger partial charge in [0.05, 0.1) is 5.69 Å². The largest absolute Gasteiger partial charge is 0.507 e. The fourth-order valence-corrected chi connectivity index (χ4v) is 7.37. The first-order valence-corrected chi connectivity index (χ1v) is 11.6. The molecule has 156 valence electrons. The lowest BCUT2D eigenvalue weighted by atomic mass is 9.42. The lowest BCUT2D eigenvalue weighted by Crippen LogP contribution is -2.55. The molecule has 0 aromatic heterocycles. The van der Waals surface area contributed by atoms with Crippen molar-refractivity contribution in [2.24, 2.45) is 16.8 Å². The van der Waals surface area contributed by atoms with Gasteiger partial charge in [-0.2, -0.15) is 0 Å². The Bertz CT molecular complexity index is 1100. The first-order chi connectivity index (χ1) is 15.1. The van der Waals surface area contributed by atoms with Crippen molar-refractivity contribution in [2.75, 3.05) is 0 Å². The second kappa shape index (κ2) is 7.09. The highest BCUT2D eigenvalue weighted by Crippen LogP contribution is 2.66. The molecule has 0 aliphatic heterocycles. The lowest BCUT2D eigenvalue weighted by molar-refractivity contribution is -0.0281. The van der Waals surface area contributed by atoms with Crippen LogP contribution in [0.4, 0.5) is 5.69 Å². The van der Waals surface area contributed by atoms with Gasteiger partial charge in [0.1, 0.15) is 5.75 Å². The molecule has 4 atom stereocenters. The summed E-state index contributed by atoms with van der Waals surface area (Å²) in [6.45, 7) is 0. The van der Waals surface area contributed by atoms with Crippen LogP contribution >= 0.6 is 0 Å². The van der Waals surface area contributed by atoms with Gasteiger partial charge in [0, 0.05) is 11.8 Å². The van der Waals surface area contributed by atoms with E-state index >= 15 is 0 Å². The molecule has 2 unspecified atom stereocenters. The average molecular weight is 408 g/mol. The fourth-order valence-electron chi connectivity index (χ4n) is 7.37. The first-order valence-electron chi connectivity index (χ1n) is 11.6. The summed E-state index contributed by atoms with van der Waals surface area (Å²) in [5.74, 6) is 1.99. The third-order valence-electron chi connectivity index (χ3n) is 8.22. The van der Waals surface area contributed by atoms with Gasteiger partial charge in [-0.3, -0.25) is 4.99 Å². The number of nitrogens with zero attached hydrogens (tertiary/aromatic N) is 1. The monoisotopic (exact) mass is 407 g/mol. The molecule has 3 aromatic rings. The van der Waals surface area contributed by atoms with Crippen molar-refractivity contribution in [2.45, 2.75) is 49.4 Å². The van der Waals surface area contributed by atoms with E-state index in [2.05, 4.69) is 59.6 Å². The van der Waals surface area contributed by atoms with Crippen LogP contribution in [0.3, 0.4) is 0 Å². The smallest absolute Gasteiger partial charge is 0.124 e. The topological polar surface area (TPSA) is 32.6 Å². The maximum absolute atomic E-state index is 9.96. The maximum Gasteiger partial charge on any atom is 0.124 e. The van der Waals surface area contributed by atoms with Crippen LogP contribution < -0.4 is 0 Å². The molecular weight excluding hydrogens is 378 g/mol.